The van der Waals surface area contributed by atoms with Crippen LogP contribution >= 0.6 is 0 Å². The van der Waals surface area contributed by atoms with E-state index in [1.807, 2.05) is 0 Å². The number of benzene rings is 2. The summed E-state index contributed by atoms with van der Waals surface area (Å²) in [6.07, 6.45) is 1.34. The Morgan fingerprint density at radius 3 is 2.80 bits per heavy atom. The molecule has 0 aliphatic carbocycles. The number of nitrogens with zero attached hydrogens (tertiary/aromatic N) is 3. The molecule has 0 aliphatic rings. The molecule has 0 atom stereocenters. The van der Waals surface area contributed by atoms with Crippen molar-refractivity contribution in [2.24, 2.45) is 0 Å². The Hall–Kier alpha value is -3.88. The average Bonchev–Trinajstić information content (AvgIpc) is 3.20. The molecule has 0 N–H and O–H groups in total. The number of esters is 1. The molecule has 0 unspecified atom stereocenters. The number of para-hydroxylation sites is 1. The van der Waals surface area contributed by atoms with Crippen LogP contribution in [0.4, 0.5) is 8.78 Å². The second-order valence-corrected chi connectivity index (χ2v) is 6.48. The summed E-state index contributed by atoms with van der Waals surface area (Å²) in [6, 6.07) is 11.4. The zero-order chi connectivity index (χ0) is 21.1. The molecule has 0 spiro atoms. The van der Waals surface area contributed by atoms with E-state index in [0.717, 1.165) is 12.1 Å². The minimum absolute atomic E-state index is 0.0444. The molecule has 0 saturated carbocycles. The number of hydrogen-bond donors (Lipinski definition) is 0. The number of aryl methyl sites for hydroxylation is 1. The summed E-state index contributed by atoms with van der Waals surface area (Å²) in [5, 5.41) is 4.19. The largest absolute Gasteiger partial charge is 0.459 e. The summed E-state index contributed by atoms with van der Waals surface area (Å²) in [7, 11) is 0. The van der Waals surface area contributed by atoms with Gasteiger partial charge in [0.2, 0.25) is 0 Å². The topological polar surface area (TPSA) is 87.2 Å². The molecule has 0 aliphatic heterocycles. The van der Waals surface area contributed by atoms with Crippen molar-refractivity contribution in [2.75, 3.05) is 0 Å². The van der Waals surface area contributed by atoms with Crippen LogP contribution in [0, 0.1) is 11.6 Å². The van der Waals surface area contributed by atoms with Crippen molar-refractivity contribution in [1.29, 1.82) is 0 Å². The van der Waals surface area contributed by atoms with Crippen molar-refractivity contribution in [1.82, 2.24) is 14.7 Å². The second kappa shape index (κ2) is 8.24. The fraction of sp³-hybridized carbons (Fsp3) is 0.143. The van der Waals surface area contributed by atoms with E-state index in [0.29, 0.717) is 10.9 Å². The number of carbonyl (C=O) groups is 1. The fourth-order valence-corrected chi connectivity index (χ4v) is 2.90. The van der Waals surface area contributed by atoms with Gasteiger partial charge in [0.15, 0.2) is 5.76 Å². The van der Waals surface area contributed by atoms with Crippen molar-refractivity contribution in [3.05, 3.63) is 82.5 Å². The molecule has 0 fully saturated rings. The molecule has 4 aromatic rings. The molecule has 0 radical (unpaired) electrons. The lowest BCUT2D eigenvalue weighted by molar-refractivity contribution is -0.145. The molecule has 4 rings (SSSR count). The second-order valence-electron chi connectivity index (χ2n) is 6.48. The number of halogens is 2. The highest BCUT2D eigenvalue weighted by Gasteiger charge is 2.14. The lowest BCUT2D eigenvalue weighted by atomic mass is 10.1. The molecular weight excluding hydrogens is 396 g/mol. The van der Waals surface area contributed by atoms with Crippen molar-refractivity contribution < 1.29 is 22.8 Å². The summed E-state index contributed by atoms with van der Waals surface area (Å²) in [6.45, 7) is -0.0730. The third kappa shape index (κ3) is 4.09. The van der Waals surface area contributed by atoms with E-state index in [1.165, 1.54) is 23.0 Å². The lowest BCUT2D eigenvalue weighted by Gasteiger charge is -2.06. The Morgan fingerprint density at radius 1 is 1.13 bits per heavy atom. The molecule has 2 aromatic carbocycles. The monoisotopic (exact) mass is 411 g/mol. The van der Waals surface area contributed by atoms with Gasteiger partial charge < -0.3 is 9.26 Å². The van der Waals surface area contributed by atoms with Crippen LogP contribution < -0.4 is 5.56 Å². The van der Waals surface area contributed by atoms with Crippen LogP contribution in [-0.2, 0) is 22.7 Å². The van der Waals surface area contributed by atoms with Gasteiger partial charge in [-0.3, -0.25) is 14.2 Å². The van der Waals surface area contributed by atoms with Gasteiger partial charge in [-0.15, -0.1) is 0 Å². The van der Waals surface area contributed by atoms with E-state index in [2.05, 4.69) is 10.1 Å². The van der Waals surface area contributed by atoms with Crippen molar-refractivity contribution in [2.45, 2.75) is 19.6 Å². The van der Waals surface area contributed by atoms with Gasteiger partial charge in [-0.05, 0) is 24.3 Å². The Labute approximate surface area is 168 Å². The zero-order valence-corrected chi connectivity index (χ0v) is 15.5. The highest BCUT2D eigenvalue weighted by Crippen LogP contribution is 2.24. The maximum Gasteiger partial charge on any atom is 0.307 e. The maximum absolute atomic E-state index is 13.8. The summed E-state index contributed by atoms with van der Waals surface area (Å²) >= 11 is 0. The van der Waals surface area contributed by atoms with E-state index >= 15 is 0 Å². The molecule has 0 saturated heterocycles. The number of aromatic nitrogens is 3. The van der Waals surface area contributed by atoms with Crippen molar-refractivity contribution >= 4 is 16.9 Å². The van der Waals surface area contributed by atoms with Crippen LogP contribution in [0.1, 0.15) is 12.1 Å². The lowest BCUT2D eigenvalue weighted by Crippen LogP contribution is -2.22. The molecule has 30 heavy (non-hydrogen) atoms. The predicted molar refractivity (Wildman–Crippen MR) is 102 cm³/mol. The van der Waals surface area contributed by atoms with Gasteiger partial charge in [-0.25, -0.2) is 13.8 Å². The van der Waals surface area contributed by atoms with E-state index in [9.17, 15) is 18.4 Å². The number of rotatable bonds is 6. The van der Waals surface area contributed by atoms with Crippen LogP contribution in [0.5, 0.6) is 0 Å². The minimum atomic E-state index is -0.788. The standard InChI is InChI=1S/C21H15F2N3O4/c22-13-5-6-15(17(23)9-13)19-10-14(25-30-19)11-29-20(27)7-8-26-12-24-18-4-2-1-3-16(18)21(26)28/h1-6,9-10,12H,7-8,11H2. The molecular formula is C21H15F2N3O4. The van der Waals surface area contributed by atoms with Crippen LogP contribution in [0.25, 0.3) is 22.2 Å². The maximum atomic E-state index is 13.8. The number of carbonyl (C=O) groups excluding carboxylic acids is 1. The molecule has 2 aromatic heterocycles. The molecule has 0 bridgehead atoms. The van der Waals surface area contributed by atoms with Crippen LogP contribution in [-0.4, -0.2) is 20.7 Å². The third-order valence-electron chi connectivity index (χ3n) is 4.42. The van der Waals surface area contributed by atoms with Crippen LogP contribution in [0.2, 0.25) is 0 Å². The van der Waals surface area contributed by atoms with Crippen molar-refractivity contribution in [3.63, 3.8) is 0 Å². The molecule has 0 amide bonds. The van der Waals surface area contributed by atoms with Gasteiger partial charge in [0, 0.05) is 18.7 Å². The van der Waals surface area contributed by atoms with Gasteiger partial charge in [0.1, 0.15) is 23.9 Å². The first-order valence-corrected chi connectivity index (χ1v) is 9.02. The van der Waals surface area contributed by atoms with Crippen LogP contribution in [0.3, 0.4) is 0 Å². The summed E-state index contributed by atoms with van der Waals surface area (Å²) in [5.41, 5.74) is 0.660. The molecule has 2 heterocycles. The first-order chi connectivity index (χ1) is 14.5. The molecule has 7 nitrogen and oxygen atoms in total. The highest BCUT2D eigenvalue weighted by molar-refractivity contribution is 5.77. The van der Waals surface area contributed by atoms with E-state index < -0.39 is 17.6 Å². The zero-order valence-electron chi connectivity index (χ0n) is 15.5. The summed E-state index contributed by atoms with van der Waals surface area (Å²) in [4.78, 5) is 28.6. The van der Waals surface area contributed by atoms with Gasteiger partial charge >= 0.3 is 5.97 Å². The highest BCUT2D eigenvalue weighted by atomic mass is 19.1. The SMILES string of the molecule is O=C(CCn1cnc2ccccc2c1=O)OCc1cc(-c2ccc(F)cc2F)on1. The van der Waals surface area contributed by atoms with Gasteiger partial charge in [0.25, 0.3) is 5.56 Å². The summed E-state index contributed by atoms with van der Waals surface area (Å²) in [5.74, 6) is -1.95. The summed E-state index contributed by atoms with van der Waals surface area (Å²) < 4.78 is 38.3. The number of fused-ring (bicyclic) bond motifs is 1. The van der Waals surface area contributed by atoms with Gasteiger partial charge in [-0.2, -0.15) is 0 Å². The van der Waals surface area contributed by atoms with Gasteiger partial charge in [0.05, 0.1) is 29.2 Å². The first kappa shape index (κ1) is 19.4. The van der Waals surface area contributed by atoms with Crippen molar-refractivity contribution in [3.8, 4) is 11.3 Å². The normalized spacial score (nSPS) is 11.0. The molecule has 152 valence electrons. The third-order valence-corrected chi connectivity index (χ3v) is 4.42. The molecule has 9 heteroatoms. The number of hydrogen-bond acceptors (Lipinski definition) is 6. The van der Waals surface area contributed by atoms with Crippen LogP contribution in [0.15, 0.2) is 64.2 Å². The number of ether oxygens (including phenoxy) is 1. The fourth-order valence-electron chi connectivity index (χ4n) is 2.90. The van der Waals surface area contributed by atoms with E-state index in [-0.39, 0.29) is 42.1 Å². The Balaban J connectivity index is 1.35. The predicted octanol–water partition coefficient (Wildman–Crippen LogP) is 3.46. The first-order valence-electron chi connectivity index (χ1n) is 9.02. The quantitative estimate of drug-likeness (QED) is 0.452. The Kier molecular flexibility index (Phi) is 5.34. The minimum Gasteiger partial charge on any atom is -0.459 e. The van der Waals surface area contributed by atoms with E-state index in [4.69, 9.17) is 9.26 Å². The smallest absolute Gasteiger partial charge is 0.307 e. The Morgan fingerprint density at radius 2 is 1.97 bits per heavy atom. The Bertz CT molecular complexity index is 1280. The van der Waals surface area contributed by atoms with E-state index in [1.54, 1.807) is 24.3 Å². The average molecular weight is 411 g/mol. The van der Waals surface area contributed by atoms with Gasteiger partial charge in [-0.1, -0.05) is 17.3 Å².